The fourth-order valence-electron chi connectivity index (χ4n) is 2.50. The Morgan fingerprint density at radius 3 is 2.44 bits per heavy atom. The summed E-state index contributed by atoms with van der Waals surface area (Å²) >= 11 is 0. The maximum Gasteiger partial charge on any atom is 0.159 e. The summed E-state index contributed by atoms with van der Waals surface area (Å²) in [6, 6.07) is 9.17. The zero-order valence-corrected chi connectivity index (χ0v) is 15.8. The Morgan fingerprint density at radius 1 is 1.19 bits per heavy atom. The molecule has 0 saturated heterocycles. The SMILES string of the molecule is C=C/C(=C\C=C(/C)OCc1cc(CN=O)oc1C)c1ccc(C(C)=O)cc1. The summed E-state index contributed by atoms with van der Waals surface area (Å²) in [6.45, 7) is 9.44. The van der Waals surface area contributed by atoms with Gasteiger partial charge < -0.3 is 9.15 Å². The van der Waals surface area contributed by atoms with Crippen molar-refractivity contribution in [2.24, 2.45) is 5.18 Å². The second-order valence-electron chi connectivity index (χ2n) is 6.11. The molecule has 0 fully saturated rings. The smallest absolute Gasteiger partial charge is 0.159 e. The Balaban J connectivity index is 2.05. The highest BCUT2D eigenvalue weighted by Gasteiger charge is 2.08. The number of aryl methyl sites for hydroxylation is 1. The van der Waals surface area contributed by atoms with Crippen LogP contribution in [-0.4, -0.2) is 5.78 Å². The molecule has 0 atom stereocenters. The molecule has 0 bridgehead atoms. The standard InChI is InChI=1S/C22H23NO4/c1-5-18(20-10-8-19(9-11-20)16(3)24)7-6-15(2)26-14-21-12-22(13-23-25)27-17(21)4/h5-12H,1,13-14H2,2-4H3/b15-6+,18-7+. The lowest BCUT2D eigenvalue weighted by molar-refractivity contribution is 0.101. The number of allylic oxidation sites excluding steroid dienone is 5. The van der Waals surface area contributed by atoms with Gasteiger partial charge in [0.25, 0.3) is 0 Å². The van der Waals surface area contributed by atoms with Crippen LogP contribution in [0.3, 0.4) is 0 Å². The first-order valence-corrected chi connectivity index (χ1v) is 8.57. The molecule has 1 heterocycles. The monoisotopic (exact) mass is 365 g/mol. The summed E-state index contributed by atoms with van der Waals surface area (Å²) in [5.41, 5.74) is 3.45. The zero-order valence-electron chi connectivity index (χ0n) is 15.8. The van der Waals surface area contributed by atoms with Gasteiger partial charge in [-0.25, -0.2) is 0 Å². The lowest BCUT2D eigenvalue weighted by Crippen LogP contribution is -1.92. The second kappa shape index (κ2) is 9.48. The number of benzene rings is 1. The van der Waals surface area contributed by atoms with Crippen molar-refractivity contribution in [2.45, 2.75) is 33.9 Å². The predicted molar refractivity (Wildman–Crippen MR) is 106 cm³/mol. The number of rotatable bonds is 9. The number of hydrogen-bond donors (Lipinski definition) is 0. The van der Waals surface area contributed by atoms with Crippen molar-refractivity contribution in [3.05, 3.63) is 94.0 Å². The van der Waals surface area contributed by atoms with E-state index in [0.29, 0.717) is 23.7 Å². The molecular formula is C22H23NO4. The Bertz CT molecular complexity index is 886. The molecule has 0 aliphatic carbocycles. The van der Waals surface area contributed by atoms with Gasteiger partial charge in [-0.3, -0.25) is 4.79 Å². The van der Waals surface area contributed by atoms with Gasteiger partial charge >= 0.3 is 0 Å². The Hall–Kier alpha value is -3.21. The van der Waals surface area contributed by atoms with Crippen molar-refractivity contribution in [3.63, 3.8) is 0 Å². The van der Waals surface area contributed by atoms with E-state index < -0.39 is 0 Å². The molecule has 27 heavy (non-hydrogen) atoms. The highest BCUT2D eigenvalue weighted by atomic mass is 16.5. The maximum absolute atomic E-state index is 11.4. The number of Topliss-reactive ketones (excluding diaryl/α,β-unsaturated/α-hetero) is 1. The Kier molecular flexibility index (Phi) is 7.06. The molecule has 0 aliphatic heterocycles. The summed E-state index contributed by atoms with van der Waals surface area (Å²) in [5.74, 6) is 2.02. The van der Waals surface area contributed by atoms with Gasteiger partial charge in [0.1, 0.15) is 24.7 Å². The van der Waals surface area contributed by atoms with Crippen molar-refractivity contribution in [1.29, 1.82) is 0 Å². The molecule has 5 heteroatoms. The van der Waals surface area contributed by atoms with Gasteiger partial charge in [0.15, 0.2) is 5.78 Å². The average Bonchev–Trinajstić information content (AvgIpc) is 3.00. The minimum Gasteiger partial charge on any atom is -0.493 e. The van der Waals surface area contributed by atoms with Crippen LogP contribution in [0.15, 0.2) is 70.5 Å². The molecule has 1 aromatic heterocycles. The highest BCUT2D eigenvalue weighted by molar-refractivity contribution is 5.94. The molecule has 0 N–H and O–H groups in total. The molecule has 0 aliphatic rings. The van der Waals surface area contributed by atoms with Crippen molar-refractivity contribution in [3.8, 4) is 0 Å². The van der Waals surface area contributed by atoms with E-state index in [9.17, 15) is 9.70 Å². The third-order valence-electron chi connectivity index (χ3n) is 4.09. The predicted octanol–water partition coefficient (Wildman–Crippen LogP) is 5.75. The molecule has 0 radical (unpaired) electrons. The quantitative estimate of drug-likeness (QED) is 0.246. The van der Waals surface area contributed by atoms with E-state index in [2.05, 4.69) is 11.8 Å². The number of nitroso groups, excluding NO2 is 1. The maximum atomic E-state index is 11.4. The molecule has 1 aromatic carbocycles. The number of carbonyl (C=O) groups is 1. The number of ketones is 1. The fraction of sp³-hybridized carbons (Fsp3) is 0.227. The first-order valence-electron chi connectivity index (χ1n) is 8.57. The van der Waals surface area contributed by atoms with Gasteiger partial charge in [-0.05, 0) is 44.1 Å². The van der Waals surface area contributed by atoms with Crippen LogP contribution < -0.4 is 0 Å². The van der Waals surface area contributed by atoms with Crippen LogP contribution in [0, 0.1) is 11.8 Å². The third-order valence-corrected chi connectivity index (χ3v) is 4.09. The molecule has 0 spiro atoms. The normalized spacial score (nSPS) is 12.0. The number of carbonyl (C=O) groups excluding carboxylic acids is 1. The van der Waals surface area contributed by atoms with Crippen molar-refractivity contribution in [1.82, 2.24) is 0 Å². The van der Waals surface area contributed by atoms with E-state index in [-0.39, 0.29) is 12.3 Å². The van der Waals surface area contributed by atoms with Gasteiger partial charge in [-0.1, -0.05) is 48.2 Å². The minimum absolute atomic E-state index is 0.0174. The van der Waals surface area contributed by atoms with E-state index >= 15 is 0 Å². The fourth-order valence-corrected chi connectivity index (χ4v) is 2.50. The van der Waals surface area contributed by atoms with Crippen LogP contribution >= 0.6 is 0 Å². The third kappa shape index (κ3) is 5.64. The average molecular weight is 365 g/mol. The molecule has 0 saturated carbocycles. The highest BCUT2D eigenvalue weighted by Crippen LogP contribution is 2.19. The molecule has 140 valence electrons. The van der Waals surface area contributed by atoms with E-state index in [4.69, 9.17) is 9.15 Å². The van der Waals surface area contributed by atoms with Crippen LogP contribution in [0.2, 0.25) is 0 Å². The first kappa shape index (κ1) is 20.1. The van der Waals surface area contributed by atoms with Gasteiger partial charge in [-0.15, -0.1) is 0 Å². The summed E-state index contributed by atoms with van der Waals surface area (Å²) in [5, 5.41) is 2.83. The summed E-state index contributed by atoms with van der Waals surface area (Å²) in [6.07, 6.45) is 5.53. The summed E-state index contributed by atoms with van der Waals surface area (Å²) in [4.78, 5) is 21.7. The molecule has 0 unspecified atom stereocenters. The van der Waals surface area contributed by atoms with Crippen molar-refractivity contribution >= 4 is 11.4 Å². The minimum atomic E-state index is 0.0174. The second-order valence-corrected chi connectivity index (χ2v) is 6.11. The van der Waals surface area contributed by atoms with Crippen LogP contribution in [0.25, 0.3) is 5.57 Å². The lowest BCUT2D eigenvalue weighted by Gasteiger charge is -2.06. The van der Waals surface area contributed by atoms with Gasteiger partial charge in [0.2, 0.25) is 0 Å². The molecule has 2 aromatic rings. The van der Waals surface area contributed by atoms with E-state index in [1.54, 1.807) is 31.2 Å². The number of ether oxygens (including phenoxy) is 1. The van der Waals surface area contributed by atoms with E-state index in [0.717, 1.165) is 22.5 Å². The molecular weight excluding hydrogens is 342 g/mol. The molecule has 5 nitrogen and oxygen atoms in total. The zero-order chi connectivity index (χ0) is 19.8. The Morgan fingerprint density at radius 2 is 1.85 bits per heavy atom. The van der Waals surface area contributed by atoms with Crippen LogP contribution in [0.4, 0.5) is 0 Å². The summed E-state index contributed by atoms with van der Waals surface area (Å²) in [7, 11) is 0. The first-order chi connectivity index (χ1) is 12.9. The molecule has 0 amide bonds. The lowest BCUT2D eigenvalue weighted by atomic mass is 10.0. The van der Waals surface area contributed by atoms with Crippen LogP contribution in [-0.2, 0) is 17.9 Å². The van der Waals surface area contributed by atoms with Crippen molar-refractivity contribution in [2.75, 3.05) is 0 Å². The Labute approximate surface area is 159 Å². The van der Waals surface area contributed by atoms with Crippen LogP contribution in [0.1, 0.15) is 46.9 Å². The van der Waals surface area contributed by atoms with Crippen molar-refractivity contribution < 1.29 is 13.9 Å². The van der Waals surface area contributed by atoms with Crippen LogP contribution in [0.5, 0.6) is 0 Å². The summed E-state index contributed by atoms with van der Waals surface area (Å²) < 4.78 is 11.2. The van der Waals surface area contributed by atoms with E-state index in [1.165, 1.54) is 0 Å². The number of furan rings is 1. The van der Waals surface area contributed by atoms with Gasteiger partial charge in [-0.2, -0.15) is 4.91 Å². The van der Waals surface area contributed by atoms with Gasteiger partial charge in [0.05, 0.1) is 5.76 Å². The number of nitrogens with zero attached hydrogens (tertiary/aromatic N) is 1. The largest absolute Gasteiger partial charge is 0.493 e. The molecule has 2 rings (SSSR count). The van der Waals surface area contributed by atoms with E-state index in [1.807, 2.05) is 38.1 Å². The topological polar surface area (TPSA) is 68.9 Å². The number of hydrogen-bond acceptors (Lipinski definition) is 5. The van der Waals surface area contributed by atoms with Gasteiger partial charge in [0, 0.05) is 11.1 Å².